The van der Waals surface area contributed by atoms with E-state index in [4.69, 9.17) is 14.2 Å². The number of aryl methyl sites for hydroxylation is 1. The molecule has 1 saturated heterocycles. The molecule has 2 rings (SSSR count). The van der Waals surface area contributed by atoms with Crippen LogP contribution in [0.15, 0.2) is 18.2 Å². The first kappa shape index (κ1) is 19.2. The first-order valence-corrected chi connectivity index (χ1v) is 8.49. The maximum absolute atomic E-state index is 11.8. The average Bonchev–Trinajstić information content (AvgIpc) is 3.02. The summed E-state index contributed by atoms with van der Waals surface area (Å²) in [5.41, 5.74) is -0.138. The predicted molar refractivity (Wildman–Crippen MR) is 91.7 cm³/mol. The molecule has 1 aromatic carbocycles. The van der Waals surface area contributed by atoms with Gasteiger partial charge in [0.2, 0.25) is 0 Å². The van der Waals surface area contributed by atoms with Crippen LogP contribution in [-0.2, 0) is 20.7 Å². The lowest BCUT2D eigenvalue weighted by atomic mass is 10.0. The lowest BCUT2D eigenvalue weighted by Crippen LogP contribution is -2.27. The minimum absolute atomic E-state index is 0.0840. The minimum Gasteiger partial charge on any atom is -0.475 e. The average molecular weight is 351 g/mol. The molecule has 0 bridgehead atoms. The third kappa shape index (κ3) is 6.01. The summed E-state index contributed by atoms with van der Waals surface area (Å²) in [5.74, 6) is -0.479. The predicted octanol–water partition coefficient (Wildman–Crippen LogP) is 3.43. The van der Waals surface area contributed by atoms with Crippen LogP contribution in [0, 0.1) is 10.1 Å². The zero-order valence-corrected chi connectivity index (χ0v) is 14.9. The molecule has 1 atom stereocenters. The van der Waals surface area contributed by atoms with Crippen molar-refractivity contribution in [3.63, 3.8) is 0 Å². The molecule has 1 heterocycles. The Kier molecular flexibility index (Phi) is 6.36. The molecule has 7 nitrogen and oxygen atoms in total. The van der Waals surface area contributed by atoms with E-state index in [-0.39, 0.29) is 24.1 Å². The molecule has 0 amide bonds. The van der Waals surface area contributed by atoms with Crippen LogP contribution in [0.2, 0.25) is 0 Å². The molecule has 0 spiro atoms. The van der Waals surface area contributed by atoms with Crippen LogP contribution in [0.5, 0.6) is 5.75 Å². The summed E-state index contributed by atoms with van der Waals surface area (Å²) in [6.45, 7) is 5.64. The summed E-state index contributed by atoms with van der Waals surface area (Å²) in [7, 11) is 0. The van der Waals surface area contributed by atoms with E-state index in [1.807, 2.05) is 0 Å². The van der Waals surface area contributed by atoms with E-state index in [1.165, 1.54) is 6.07 Å². The number of benzene rings is 1. The number of nitro benzene ring substituents is 1. The molecule has 0 aromatic heterocycles. The lowest BCUT2D eigenvalue weighted by molar-refractivity contribution is -0.386. The van der Waals surface area contributed by atoms with Gasteiger partial charge < -0.3 is 14.2 Å². The Morgan fingerprint density at radius 1 is 1.40 bits per heavy atom. The van der Waals surface area contributed by atoms with Gasteiger partial charge in [-0.25, -0.2) is 4.79 Å². The van der Waals surface area contributed by atoms with Crippen molar-refractivity contribution in [3.8, 4) is 5.75 Å². The van der Waals surface area contributed by atoms with Crippen LogP contribution in [0.4, 0.5) is 5.69 Å². The number of ether oxygens (including phenoxy) is 3. The van der Waals surface area contributed by atoms with Gasteiger partial charge in [0.05, 0.1) is 11.0 Å². The standard InChI is InChI=1S/C18H25NO6/c1-18(2,3)25-16(20)12-24-15-8-4-6-13(17(15)19(21)22)9-10-14-7-5-11-23-14/h4,6,8,14H,5,7,9-12H2,1-3H3/t14-/m0/s1. The number of carbonyl (C=O) groups is 1. The van der Waals surface area contributed by atoms with Gasteiger partial charge in [-0.3, -0.25) is 10.1 Å². The number of carbonyl (C=O) groups excluding carboxylic acids is 1. The van der Waals surface area contributed by atoms with Gasteiger partial charge in [0.15, 0.2) is 12.4 Å². The van der Waals surface area contributed by atoms with Crippen LogP contribution in [0.1, 0.15) is 45.6 Å². The maximum Gasteiger partial charge on any atom is 0.344 e. The van der Waals surface area contributed by atoms with E-state index in [0.717, 1.165) is 25.9 Å². The molecule has 1 fully saturated rings. The second-order valence-corrected chi connectivity index (χ2v) is 7.07. The van der Waals surface area contributed by atoms with Crippen molar-refractivity contribution >= 4 is 11.7 Å². The van der Waals surface area contributed by atoms with Crippen molar-refractivity contribution in [2.24, 2.45) is 0 Å². The Hall–Kier alpha value is -2.15. The Bertz CT molecular complexity index is 616. The Balaban J connectivity index is 2.05. The zero-order valence-electron chi connectivity index (χ0n) is 14.9. The third-order valence-electron chi connectivity index (χ3n) is 3.79. The Morgan fingerprint density at radius 2 is 2.16 bits per heavy atom. The van der Waals surface area contributed by atoms with Crippen molar-refractivity contribution in [1.29, 1.82) is 0 Å². The monoisotopic (exact) mass is 351 g/mol. The van der Waals surface area contributed by atoms with Crippen LogP contribution < -0.4 is 4.74 Å². The van der Waals surface area contributed by atoms with Crippen LogP contribution >= 0.6 is 0 Å². The number of hydrogen-bond acceptors (Lipinski definition) is 6. The summed E-state index contributed by atoms with van der Waals surface area (Å²) in [6, 6.07) is 4.91. The van der Waals surface area contributed by atoms with Gasteiger partial charge in [0.25, 0.3) is 0 Å². The molecule has 138 valence electrons. The zero-order chi connectivity index (χ0) is 18.4. The first-order chi connectivity index (χ1) is 11.8. The minimum atomic E-state index is -0.629. The number of nitro groups is 1. The number of rotatable bonds is 7. The Morgan fingerprint density at radius 3 is 2.76 bits per heavy atom. The van der Waals surface area contributed by atoms with Gasteiger partial charge in [0, 0.05) is 12.2 Å². The van der Waals surface area contributed by atoms with Crippen LogP contribution in [-0.4, -0.2) is 35.8 Å². The number of para-hydroxylation sites is 1. The number of hydrogen-bond donors (Lipinski definition) is 0. The van der Waals surface area contributed by atoms with Crippen LogP contribution in [0.25, 0.3) is 0 Å². The van der Waals surface area contributed by atoms with E-state index < -0.39 is 16.5 Å². The van der Waals surface area contributed by atoms with E-state index in [2.05, 4.69) is 0 Å². The second-order valence-electron chi connectivity index (χ2n) is 7.07. The highest BCUT2D eigenvalue weighted by Gasteiger charge is 2.24. The smallest absolute Gasteiger partial charge is 0.344 e. The Labute approximate surface area is 147 Å². The molecule has 7 heteroatoms. The summed E-state index contributed by atoms with van der Waals surface area (Å²) in [4.78, 5) is 22.8. The lowest BCUT2D eigenvalue weighted by Gasteiger charge is -2.19. The molecular formula is C18H25NO6. The number of nitrogens with zero attached hydrogens (tertiary/aromatic N) is 1. The largest absolute Gasteiger partial charge is 0.475 e. The van der Waals surface area contributed by atoms with Crippen molar-refractivity contribution in [3.05, 3.63) is 33.9 Å². The SMILES string of the molecule is CC(C)(C)OC(=O)COc1cccc(CC[C@@H]2CCCO2)c1[N+](=O)[O-]. The highest BCUT2D eigenvalue weighted by Crippen LogP contribution is 2.32. The van der Waals surface area contributed by atoms with E-state index in [0.29, 0.717) is 12.0 Å². The highest BCUT2D eigenvalue weighted by atomic mass is 16.6. The summed E-state index contributed by atoms with van der Waals surface area (Å²) in [6.07, 6.45) is 3.45. The fourth-order valence-corrected chi connectivity index (χ4v) is 2.79. The molecule has 1 aliphatic heterocycles. The molecule has 0 unspecified atom stereocenters. The van der Waals surface area contributed by atoms with Gasteiger partial charge in [0.1, 0.15) is 5.60 Å². The summed E-state index contributed by atoms with van der Waals surface area (Å²) >= 11 is 0. The van der Waals surface area contributed by atoms with Crippen LogP contribution in [0.3, 0.4) is 0 Å². The van der Waals surface area contributed by atoms with Gasteiger partial charge in [-0.15, -0.1) is 0 Å². The molecule has 0 aliphatic carbocycles. The van der Waals surface area contributed by atoms with Crippen molar-refractivity contribution in [2.45, 2.75) is 58.2 Å². The van der Waals surface area contributed by atoms with Gasteiger partial charge in [-0.05, 0) is 52.5 Å². The van der Waals surface area contributed by atoms with E-state index in [1.54, 1.807) is 32.9 Å². The molecule has 1 aromatic rings. The normalized spacial score (nSPS) is 17.3. The summed E-state index contributed by atoms with van der Waals surface area (Å²) < 4.78 is 16.1. The fourth-order valence-electron chi connectivity index (χ4n) is 2.79. The number of esters is 1. The summed E-state index contributed by atoms with van der Waals surface area (Å²) in [5, 5.41) is 11.5. The molecule has 0 N–H and O–H groups in total. The highest BCUT2D eigenvalue weighted by molar-refractivity contribution is 5.72. The first-order valence-electron chi connectivity index (χ1n) is 8.49. The second kappa shape index (κ2) is 8.29. The van der Waals surface area contributed by atoms with Crippen molar-refractivity contribution in [1.82, 2.24) is 0 Å². The van der Waals surface area contributed by atoms with Gasteiger partial charge in [-0.1, -0.05) is 12.1 Å². The molecular weight excluding hydrogens is 326 g/mol. The maximum atomic E-state index is 11.8. The van der Waals surface area contributed by atoms with Crippen molar-refractivity contribution < 1.29 is 23.9 Å². The molecule has 0 radical (unpaired) electrons. The van der Waals surface area contributed by atoms with Gasteiger partial charge in [-0.2, -0.15) is 0 Å². The quantitative estimate of drug-likeness (QED) is 0.425. The van der Waals surface area contributed by atoms with Gasteiger partial charge >= 0.3 is 11.7 Å². The fraction of sp³-hybridized carbons (Fsp3) is 0.611. The topological polar surface area (TPSA) is 87.9 Å². The molecule has 25 heavy (non-hydrogen) atoms. The van der Waals surface area contributed by atoms with E-state index in [9.17, 15) is 14.9 Å². The van der Waals surface area contributed by atoms with E-state index >= 15 is 0 Å². The third-order valence-corrected chi connectivity index (χ3v) is 3.79. The molecule has 1 aliphatic rings. The van der Waals surface area contributed by atoms with Crippen molar-refractivity contribution in [2.75, 3.05) is 13.2 Å². The molecule has 0 saturated carbocycles.